The molecule has 3 rings (SSSR count). The normalized spacial score (nSPS) is 14.4. The number of rotatable bonds is 3. The van der Waals surface area contributed by atoms with Gasteiger partial charge in [-0.2, -0.15) is 0 Å². The molecule has 0 fully saturated rings. The summed E-state index contributed by atoms with van der Waals surface area (Å²) >= 11 is 4.71. The highest BCUT2D eigenvalue weighted by atomic mass is 32.1. The van der Waals surface area contributed by atoms with E-state index in [1.54, 1.807) is 12.3 Å². The fraction of sp³-hybridized carbons (Fsp3) is 0.200. The highest BCUT2D eigenvalue weighted by Gasteiger charge is 2.14. The zero-order valence-electron chi connectivity index (χ0n) is 11.3. The molecule has 0 saturated heterocycles. The number of benzene rings is 1. The SMILES string of the molecule is N[C@@H](Cc1c[nH]c2ccccc12)C(=O)O.S=C1C=COC1. The van der Waals surface area contributed by atoms with Gasteiger partial charge in [-0.1, -0.05) is 30.4 Å². The van der Waals surface area contributed by atoms with Crippen LogP contribution in [0.3, 0.4) is 0 Å². The maximum absolute atomic E-state index is 10.6. The van der Waals surface area contributed by atoms with E-state index in [-0.39, 0.29) is 0 Å². The van der Waals surface area contributed by atoms with Crippen LogP contribution in [0.25, 0.3) is 10.9 Å². The Kier molecular flexibility index (Phi) is 5.08. The number of hydrogen-bond donors (Lipinski definition) is 3. The van der Waals surface area contributed by atoms with E-state index in [9.17, 15) is 4.79 Å². The fourth-order valence-electron chi connectivity index (χ4n) is 1.93. The lowest BCUT2D eigenvalue weighted by Crippen LogP contribution is -2.32. The lowest BCUT2D eigenvalue weighted by atomic mass is 10.1. The molecule has 0 aliphatic carbocycles. The highest BCUT2D eigenvalue weighted by molar-refractivity contribution is 7.80. The Morgan fingerprint density at radius 1 is 1.48 bits per heavy atom. The van der Waals surface area contributed by atoms with E-state index in [0.29, 0.717) is 13.0 Å². The molecule has 0 bridgehead atoms. The molecular weight excluding hydrogens is 288 g/mol. The highest BCUT2D eigenvalue weighted by Crippen LogP contribution is 2.18. The van der Waals surface area contributed by atoms with Crippen molar-refractivity contribution in [2.24, 2.45) is 5.73 Å². The zero-order chi connectivity index (χ0) is 15.2. The van der Waals surface area contributed by atoms with Crippen LogP contribution in [-0.4, -0.2) is 33.6 Å². The molecule has 0 radical (unpaired) electrons. The quantitative estimate of drug-likeness (QED) is 0.755. The van der Waals surface area contributed by atoms with E-state index < -0.39 is 12.0 Å². The average Bonchev–Trinajstić information content (AvgIpc) is 3.09. The van der Waals surface area contributed by atoms with Gasteiger partial charge in [0.2, 0.25) is 0 Å². The van der Waals surface area contributed by atoms with Crippen LogP contribution in [0.15, 0.2) is 42.8 Å². The van der Waals surface area contributed by atoms with Gasteiger partial charge in [-0.05, 0) is 17.7 Å². The molecule has 1 aromatic heterocycles. The van der Waals surface area contributed by atoms with Crippen molar-refractivity contribution in [1.82, 2.24) is 4.98 Å². The first kappa shape index (κ1) is 15.2. The van der Waals surface area contributed by atoms with Crippen LogP contribution in [0.5, 0.6) is 0 Å². The maximum Gasteiger partial charge on any atom is 0.320 e. The summed E-state index contributed by atoms with van der Waals surface area (Å²) in [6.45, 7) is 0.606. The number of hydrogen-bond acceptors (Lipinski definition) is 4. The number of carboxylic acid groups (broad SMARTS) is 1. The van der Waals surface area contributed by atoms with E-state index in [1.165, 1.54) is 0 Å². The van der Waals surface area contributed by atoms with E-state index in [2.05, 4.69) is 4.98 Å². The molecule has 0 unspecified atom stereocenters. The number of carboxylic acids is 1. The molecule has 0 amide bonds. The molecule has 6 heteroatoms. The van der Waals surface area contributed by atoms with Gasteiger partial charge >= 0.3 is 5.97 Å². The second kappa shape index (κ2) is 7.01. The first-order chi connectivity index (χ1) is 10.1. The van der Waals surface area contributed by atoms with E-state index in [4.69, 9.17) is 27.8 Å². The van der Waals surface area contributed by atoms with Gasteiger partial charge in [0.15, 0.2) is 0 Å². The predicted octanol–water partition coefficient (Wildman–Crippen LogP) is 2.02. The summed E-state index contributed by atoms with van der Waals surface area (Å²) in [7, 11) is 0. The first-order valence-electron chi connectivity index (χ1n) is 6.42. The molecule has 4 N–H and O–H groups in total. The fourth-order valence-corrected chi connectivity index (χ4v) is 2.05. The van der Waals surface area contributed by atoms with Crippen molar-refractivity contribution in [3.05, 3.63) is 48.4 Å². The number of carbonyl (C=O) groups is 1. The minimum Gasteiger partial charge on any atom is -0.496 e. The average molecular weight is 304 g/mol. The van der Waals surface area contributed by atoms with Crippen molar-refractivity contribution in [1.29, 1.82) is 0 Å². The van der Waals surface area contributed by atoms with Gasteiger partial charge in [0.25, 0.3) is 0 Å². The molecule has 1 atom stereocenters. The van der Waals surface area contributed by atoms with Crippen molar-refractivity contribution in [3.8, 4) is 0 Å². The predicted molar refractivity (Wildman–Crippen MR) is 85.3 cm³/mol. The van der Waals surface area contributed by atoms with Crippen LogP contribution in [0.2, 0.25) is 0 Å². The third kappa shape index (κ3) is 4.14. The number of fused-ring (bicyclic) bond motifs is 1. The van der Waals surface area contributed by atoms with E-state index in [0.717, 1.165) is 21.3 Å². The van der Waals surface area contributed by atoms with Gasteiger partial charge in [-0.3, -0.25) is 4.79 Å². The summed E-state index contributed by atoms with van der Waals surface area (Å²) in [6.07, 6.45) is 5.56. The van der Waals surface area contributed by atoms with Gasteiger partial charge in [0, 0.05) is 23.5 Å². The van der Waals surface area contributed by atoms with Crippen LogP contribution in [-0.2, 0) is 16.0 Å². The Morgan fingerprint density at radius 2 is 2.24 bits per heavy atom. The van der Waals surface area contributed by atoms with Gasteiger partial charge in [0.05, 0.1) is 11.1 Å². The number of aromatic nitrogens is 1. The molecule has 1 aromatic carbocycles. The third-order valence-electron chi connectivity index (χ3n) is 3.01. The van der Waals surface area contributed by atoms with E-state index in [1.807, 2.05) is 30.5 Å². The van der Waals surface area contributed by atoms with Gasteiger partial charge < -0.3 is 20.6 Å². The number of aromatic amines is 1. The number of nitrogens with one attached hydrogen (secondary N) is 1. The summed E-state index contributed by atoms with van der Waals surface area (Å²) < 4.78 is 4.73. The molecule has 0 saturated carbocycles. The van der Waals surface area contributed by atoms with E-state index >= 15 is 0 Å². The Morgan fingerprint density at radius 3 is 2.81 bits per heavy atom. The van der Waals surface area contributed by atoms with Crippen molar-refractivity contribution in [3.63, 3.8) is 0 Å². The summed E-state index contributed by atoms with van der Waals surface area (Å²) in [4.78, 5) is 14.6. The van der Waals surface area contributed by atoms with Gasteiger partial charge in [0.1, 0.15) is 12.6 Å². The van der Waals surface area contributed by atoms with Crippen molar-refractivity contribution >= 4 is 34.0 Å². The molecular formula is C15H16N2O3S. The topological polar surface area (TPSA) is 88.3 Å². The van der Waals surface area contributed by atoms with Crippen molar-refractivity contribution in [2.45, 2.75) is 12.5 Å². The number of nitrogens with two attached hydrogens (primary N) is 1. The van der Waals surface area contributed by atoms with Gasteiger partial charge in [-0.25, -0.2) is 0 Å². The number of ether oxygens (including phenoxy) is 1. The number of H-pyrrole nitrogens is 1. The Hall–Kier alpha value is -2.18. The second-order valence-electron chi connectivity index (χ2n) is 4.59. The Bertz CT molecular complexity index is 678. The van der Waals surface area contributed by atoms with Gasteiger partial charge in [-0.15, -0.1) is 0 Å². The molecule has 110 valence electrons. The molecule has 5 nitrogen and oxygen atoms in total. The van der Waals surface area contributed by atoms with Crippen LogP contribution < -0.4 is 5.73 Å². The number of thiocarbonyl (C=S) groups is 1. The number of aliphatic carboxylic acids is 1. The molecule has 2 aromatic rings. The van der Waals surface area contributed by atoms with Crippen molar-refractivity contribution < 1.29 is 14.6 Å². The lowest BCUT2D eigenvalue weighted by molar-refractivity contribution is -0.138. The Labute approximate surface area is 127 Å². The summed E-state index contributed by atoms with van der Waals surface area (Å²) in [6, 6.07) is 6.91. The third-order valence-corrected chi connectivity index (χ3v) is 3.26. The Balaban J connectivity index is 0.000000225. The van der Waals surface area contributed by atoms with Crippen LogP contribution >= 0.6 is 12.2 Å². The molecule has 1 aliphatic rings. The standard InChI is InChI=1S/C11H12N2O2.C4H4OS/c12-9(11(14)15)5-7-6-13-10-4-2-1-3-8(7)10;6-4-1-2-5-3-4/h1-4,6,9,13H,5,12H2,(H,14,15);1-2H,3H2/t9-;/m0./s1. The first-order valence-corrected chi connectivity index (χ1v) is 6.83. The van der Waals surface area contributed by atoms with Crippen LogP contribution in [0.4, 0.5) is 0 Å². The minimum absolute atomic E-state index is 0.347. The minimum atomic E-state index is -0.972. The largest absolute Gasteiger partial charge is 0.496 e. The second-order valence-corrected chi connectivity index (χ2v) is 5.11. The summed E-state index contributed by atoms with van der Waals surface area (Å²) in [5.41, 5.74) is 7.43. The number of para-hydroxylation sites is 1. The lowest BCUT2D eigenvalue weighted by Gasteiger charge is -2.04. The monoisotopic (exact) mass is 304 g/mol. The maximum atomic E-state index is 10.6. The smallest absolute Gasteiger partial charge is 0.320 e. The molecule has 2 heterocycles. The van der Waals surface area contributed by atoms with Crippen LogP contribution in [0.1, 0.15) is 5.56 Å². The molecule has 21 heavy (non-hydrogen) atoms. The van der Waals surface area contributed by atoms with Crippen molar-refractivity contribution in [2.75, 3.05) is 6.61 Å². The molecule has 0 spiro atoms. The summed E-state index contributed by atoms with van der Waals surface area (Å²) in [5.74, 6) is -0.972. The molecule has 1 aliphatic heterocycles. The zero-order valence-corrected chi connectivity index (χ0v) is 12.1. The van der Waals surface area contributed by atoms with Crippen LogP contribution in [0, 0.1) is 0 Å². The summed E-state index contributed by atoms with van der Waals surface area (Å²) in [5, 5.41) is 9.75.